The molecule has 3 heterocycles. The summed E-state index contributed by atoms with van der Waals surface area (Å²) in [6.45, 7) is 0.655. The standard InChI is InChI=1S/C28H26N4O4/c1-29-23-12-13-32(27(35)24-16-25(33)31(3)28(36)30(24)2)17-21(23)15-22(26(29)34)20-11-7-10-19(14-20)18-8-5-4-6-9-18/h4-11,14-16H,12-13,17H2,1-3H3. The highest BCUT2D eigenvalue weighted by Crippen LogP contribution is 2.27. The highest BCUT2D eigenvalue weighted by atomic mass is 16.2. The van der Waals surface area contributed by atoms with Gasteiger partial charge in [0.05, 0.1) is 0 Å². The Kier molecular flexibility index (Phi) is 5.80. The lowest BCUT2D eigenvalue weighted by Crippen LogP contribution is -2.44. The van der Waals surface area contributed by atoms with Gasteiger partial charge in [0, 0.05) is 58.0 Å². The average Bonchev–Trinajstić information content (AvgIpc) is 2.91. The molecule has 8 nitrogen and oxygen atoms in total. The van der Waals surface area contributed by atoms with Crippen molar-refractivity contribution in [3.05, 3.63) is 115 Å². The summed E-state index contributed by atoms with van der Waals surface area (Å²) in [4.78, 5) is 52.7. The van der Waals surface area contributed by atoms with Crippen molar-refractivity contribution < 1.29 is 4.79 Å². The molecule has 0 saturated carbocycles. The predicted octanol–water partition coefficient (Wildman–Crippen LogP) is 2.32. The van der Waals surface area contributed by atoms with E-state index in [0.29, 0.717) is 18.5 Å². The number of hydrogen-bond acceptors (Lipinski definition) is 4. The van der Waals surface area contributed by atoms with E-state index in [0.717, 1.165) is 32.5 Å². The second-order valence-corrected chi connectivity index (χ2v) is 9.09. The molecule has 0 unspecified atom stereocenters. The summed E-state index contributed by atoms with van der Waals surface area (Å²) in [5.41, 5.74) is 4.06. The van der Waals surface area contributed by atoms with Gasteiger partial charge in [-0.1, -0.05) is 48.5 Å². The van der Waals surface area contributed by atoms with Crippen LogP contribution in [0.15, 0.2) is 81.1 Å². The fourth-order valence-electron chi connectivity index (χ4n) is 4.81. The Hall–Kier alpha value is -4.46. The van der Waals surface area contributed by atoms with Crippen molar-refractivity contribution in [3.8, 4) is 22.3 Å². The highest BCUT2D eigenvalue weighted by Gasteiger charge is 2.27. The van der Waals surface area contributed by atoms with Crippen LogP contribution in [0.3, 0.4) is 0 Å². The van der Waals surface area contributed by atoms with Crippen LogP contribution >= 0.6 is 0 Å². The normalized spacial score (nSPS) is 12.9. The largest absolute Gasteiger partial charge is 0.333 e. The van der Waals surface area contributed by atoms with Crippen LogP contribution in [0.4, 0.5) is 0 Å². The van der Waals surface area contributed by atoms with Crippen LogP contribution in [0.1, 0.15) is 21.7 Å². The molecule has 0 aliphatic carbocycles. The predicted molar refractivity (Wildman–Crippen MR) is 138 cm³/mol. The second-order valence-electron chi connectivity index (χ2n) is 9.09. The van der Waals surface area contributed by atoms with E-state index in [1.165, 1.54) is 24.7 Å². The van der Waals surface area contributed by atoms with E-state index < -0.39 is 11.2 Å². The van der Waals surface area contributed by atoms with Crippen LogP contribution < -0.4 is 16.8 Å². The molecule has 0 radical (unpaired) electrons. The van der Waals surface area contributed by atoms with Crippen molar-refractivity contribution in [2.24, 2.45) is 21.1 Å². The van der Waals surface area contributed by atoms with E-state index in [1.54, 1.807) is 16.5 Å². The Labute approximate surface area is 207 Å². The smallest absolute Gasteiger partial charge is 0.331 e. The van der Waals surface area contributed by atoms with Gasteiger partial charge in [0.1, 0.15) is 5.69 Å². The second kappa shape index (κ2) is 8.96. The minimum absolute atomic E-state index is 0.0483. The van der Waals surface area contributed by atoms with Crippen LogP contribution in [-0.2, 0) is 34.1 Å². The molecule has 0 fully saturated rings. The minimum Gasteiger partial charge on any atom is -0.333 e. The van der Waals surface area contributed by atoms with E-state index in [9.17, 15) is 19.2 Å². The molecule has 2 aromatic heterocycles. The van der Waals surface area contributed by atoms with Crippen molar-refractivity contribution in [2.45, 2.75) is 13.0 Å². The number of carbonyl (C=O) groups excluding carboxylic acids is 1. The van der Waals surface area contributed by atoms with Gasteiger partial charge in [0.15, 0.2) is 0 Å². The topological polar surface area (TPSA) is 86.3 Å². The Balaban J connectivity index is 1.53. The summed E-state index contributed by atoms with van der Waals surface area (Å²) in [6.07, 6.45) is 0.496. The monoisotopic (exact) mass is 482 g/mol. The number of nitrogens with zero attached hydrogens (tertiary/aromatic N) is 4. The molecular weight excluding hydrogens is 456 g/mol. The molecule has 2 aromatic carbocycles. The van der Waals surface area contributed by atoms with Gasteiger partial charge in [0.2, 0.25) is 0 Å². The third kappa shape index (κ3) is 3.90. The van der Waals surface area contributed by atoms with Crippen molar-refractivity contribution in [1.82, 2.24) is 18.6 Å². The molecule has 1 aliphatic heterocycles. The van der Waals surface area contributed by atoms with Crippen molar-refractivity contribution in [3.63, 3.8) is 0 Å². The zero-order valence-corrected chi connectivity index (χ0v) is 20.4. The van der Waals surface area contributed by atoms with E-state index in [1.807, 2.05) is 60.7 Å². The van der Waals surface area contributed by atoms with Crippen molar-refractivity contribution in [2.75, 3.05) is 6.54 Å². The van der Waals surface area contributed by atoms with E-state index >= 15 is 0 Å². The lowest BCUT2D eigenvalue weighted by Gasteiger charge is -2.31. The maximum absolute atomic E-state index is 13.3. The maximum atomic E-state index is 13.3. The highest BCUT2D eigenvalue weighted by molar-refractivity contribution is 5.92. The third-order valence-electron chi connectivity index (χ3n) is 6.92. The Morgan fingerprint density at radius 3 is 2.19 bits per heavy atom. The van der Waals surface area contributed by atoms with E-state index in [-0.39, 0.29) is 23.7 Å². The molecule has 0 N–H and O–H groups in total. The van der Waals surface area contributed by atoms with Gasteiger partial charge in [-0.3, -0.25) is 23.5 Å². The number of carbonyl (C=O) groups is 1. The van der Waals surface area contributed by atoms with Crippen LogP contribution in [0.25, 0.3) is 22.3 Å². The fraction of sp³-hybridized carbons (Fsp3) is 0.214. The summed E-state index contributed by atoms with van der Waals surface area (Å²) < 4.78 is 3.82. The first-order valence-corrected chi connectivity index (χ1v) is 11.7. The van der Waals surface area contributed by atoms with Crippen LogP contribution in [0.2, 0.25) is 0 Å². The van der Waals surface area contributed by atoms with Crippen molar-refractivity contribution in [1.29, 1.82) is 0 Å². The van der Waals surface area contributed by atoms with Gasteiger partial charge in [-0.05, 0) is 34.4 Å². The first kappa shape index (κ1) is 23.3. The summed E-state index contributed by atoms with van der Waals surface area (Å²) in [7, 11) is 4.62. The Bertz CT molecular complexity index is 1680. The van der Waals surface area contributed by atoms with Gasteiger partial charge in [-0.25, -0.2) is 4.79 Å². The first-order valence-electron chi connectivity index (χ1n) is 11.7. The fourth-order valence-corrected chi connectivity index (χ4v) is 4.81. The maximum Gasteiger partial charge on any atom is 0.331 e. The molecule has 1 aliphatic rings. The quantitative estimate of drug-likeness (QED) is 0.449. The molecule has 4 aromatic rings. The minimum atomic E-state index is -0.550. The molecule has 182 valence electrons. The number of aromatic nitrogens is 3. The van der Waals surface area contributed by atoms with Gasteiger partial charge in [-0.2, -0.15) is 0 Å². The lowest BCUT2D eigenvalue weighted by molar-refractivity contribution is 0.0720. The van der Waals surface area contributed by atoms with Gasteiger partial charge in [-0.15, -0.1) is 0 Å². The molecule has 0 saturated heterocycles. The number of fused-ring (bicyclic) bond motifs is 1. The Morgan fingerprint density at radius 2 is 1.44 bits per heavy atom. The lowest BCUT2D eigenvalue weighted by atomic mass is 9.96. The summed E-state index contributed by atoms with van der Waals surface area (Å²) >= 11 is 0. The third-order valence-corrected chi connectivity index (χ3v) is 6.92. The summed E-state index contributed by atoms with van der Waals surface area (Å²) in [6, 6.07) is 20.9. The van der Waals surface area contributed by atoms with Gasteiger partial charge < -0.3 is 9.47 Å². The summed E-state index contributed by atoms with van der Waals surface area (Å²) in [5, 5.41) is 0. The number of rotatable bonds is 3. The molecular formula is C28H26N4O4. The zero-order chi connectivity index (χ0) is 25.6. The first-order chi connectivity index (χ1) is 17.3. The molecule has 5 rings (SSSR count). The molecule has 1 amide bonds. The number of benzene rings is 2. The molecule has 0 bridgehead atoms. The molecule has 0 atom stereocenters. The van der Waals surface area contributed by atoms with Crippen molar-refractivity contribution >= 4 is 5.91 Å². The van der Waals surface area contributed by atoms with Crippen LogP contribution in [0, 0.1) is 0 Å². The average molecular weight is 483 g/mol. The number of hydrogen-bond donors (Lipinski definition) is 0. The molecule has 8 heteroatoms. The summed E-state index contributed by atoms with van der Waals surface area (Å²) in [5.74, 6) is -0.389. The molecule has 0 spiro atoms. The number of amides is 1. The SMILES string of the molecule is Cn1c2c(cc(-c3cccc(-c4ccccc4)c3)c1=O)CN(C(=O)c1cc(=O)n(C)c(=O)n1C)CC2. The van der Waals surface area contributed by atoms with E-state index in [2.05, 4.69) is 0 Å². The van der Waals surface area contributed by atoms with E-state index in [4.69, 9.17) is 0 Å². The van der Waals surface area contributed by atoms with Gasteiger partial charge >= 0.3 is 5.69 Å². The zero-order valence-electron chi connectivity index (χ0n) is 20.4. The van der Waals surface area contributed by atoms with Crippen LogP contribution in [-0.4, -0.2) is 31.1 Å². The van der Waals surface area contributed by atoms with Gasteiger partial charge in [0.25, 0.3) is 17.0 Å². The Morgan fingerprint density at radius 1 is 0.750 bits per heavy atom. The van der Waals surface area contributed by atoms with Crippen LogP contribution in [0.5, 0.6) is 0 Å². The number of pyridine rings is 1. The molecule has 36 heavy (non-hydrogen) atoms.